The van der Waals surface area contributed by atoms with Gasteiger partial charge in [0.25, 0.3) is 16.7 Å². The lowest BCUT2D eigenvalue weighted by Crippen LogP contribution is -2.29. The molecular weight excluding hydrogens is 1030 g/mol. The van der Waals surface area contributed by atoms with Gasteiger partial charge in [-0.1, -0.05) is 0 Å². The molecule has 29 nitrogen and oxygen atoms in total. The number of nitrogens with two attached hydrogens (primary N) is 1. The molecule has 31 heteroatoms. The predicted molar refractivity (Wildman–Crippen MR) is 277 cm³/mol. The first-order valence-electron chi connectivity index (χ1n) is 22.9. The molecule has 0 bridgehead atoms. The number of rotatable bonds is 12. The normalized spacial score (nSPS) is 12.4. The third-order valence-electron chi connectivity index (χ3n) is 9.26. The van der Waals surface area contributed by atoms with Crippen molar-refractivity contribution in [1.82, 2.24) is 38.1 Å². The minimum absolute atomic E-state index is 0.0276. The van der Waals surface area contributed by atoms with E-state index in [2.05, 4.69) is 38.9 Å². The molecule has 0 spiro atoms. The van der Waals surface area contributed by atoms with Crippen LogP contribution in [-0.4, -0.2) is 113 Å². The minimum Gasteiger partial charge on any atom is -0.726 e. The van der Waals surface area contributed by atoms with Crippen molar-refractivity contribution in [2.24, 2.45) is 27.5 Å². The van der Waals surface area contributed by atoms with Crippen molar-refractivity contribution < 1.29 is 60.1 Å². The monoisotopic (exact) mass is 1100 g/mol. The summed E-state index contributed by atoms with van der Waals surface area (Å²) in [6.07, 6.45) is 14.4. The van der Waals surface area contributed by atoms with Gasteiger partial charge >= 0.3 is 0 Å². The van der Waals surface area contributed by atoms with E-state index in [-0.39, 0.29) is 45.7 Å². The lowest BCUT2D eigenvalue weighted by atomic mass is 10.4. The highest BCUT2D eigenvalue weighted by molar-refractivity contribution is 8.09. The summed E-state index contributed by atoms with van der Waals surface area (Å²) in [4.78, 5) is 42.8. The first kappa shape index (κ1) is 65.8. The minimum atomic E-state index is -4.41. The highest BCUT2D eigenvalue weighted by atomic mass is 32.3. The second-order valence-electron chi connectivity index (χ2n) is 15.3. The summed E-state index contributed by atoms with van der Waals surface area (Å²) < 4.78 is 68.5. The van der Waals surface area contributed by atoms with Gasteiger partial charge in [0.15, 0.2) is 12.4 Å². The number of ether oxygens (including phenoxy) is 1. The van der Waals surface area contributed by atoms with Crippen molar-refractivity contribution in [2.75, 3.05) is 38.6 Å². The van der Waals surface area contributed by atoms with Crippen LogP contribution in [0.1, 0.15) is 54.4 Å². The zero-order chi connectivity index (χ0) is 57.0. The van der Waals surface area contributed by atoms with Crippen LogP contribution in [0.2, 0.25) is 0 Å². The first-order chi connectivity index (χ1) is 35.2. The van der Waals surface area contributed by atoms with Crippen LogP contribution >= 0.6 is 0 Å². The highest BCUT2D eigenvalue weighted by Crippen LogP contribution is 2.26. The van der Waals surface area contributed by atoms with Crippen molar-refractivity contribution in [1.29, 1.82) is 0 Å². The van der Waals surface area contributed by atoms with E-state index >= 15 is 0 Å². The number of azo groups is 2. The molecule has 7 N–H and O–H groups in total. The van der Waals surface area contributed by atoms with Gasteiger partial charge in [-0.3, -0.25) is 33.2 Å². The van der Waals surface area contributed by atoms with Crippen molar-refractivity contribution >= 4 is 48.5 Å². The molecular formula is C44H70N14O15S2. The number of aryl methyl sites for hydroxylation is 1. The van der Waals surface area contributed by atoms with Crippen molar-refractivity contribution in [2.45, 2.75) is 93.7 Å². The molecule has 0 amide bonds. The second-order valence-corrected chi connectivity index (χ2v) is 20.0. The van der Waals surface area contributed by atoms with Crippen LogP contribution in [0.4, 0.5) is 28.4 Å². The summed E-state index contributed by atoms with van der Waals surface area (Å²) in [6.45, 7) is 16.2. The van der Waals surface area contributed by atoms with E-state index in [1.165, 1.54) is 48.5 Å². The molecule has 0 atom stereocenters. The number of anilines is 1. The molecule has 1 aliphatic heterocycles. The Balaban J connectivity index is 0.000000467. The lowest BCUT2D eigenvalue weighted by molar-refractivity contribution is -0.670. The summed E-state index contributed by atoms with van der Waals surface area (Å²) in [6, 6.07) is 11.9. The molecule has 0 aromatic carbocycles. The third-order valence-corrected chi connectivity index (χ3v) is 10.1. The summed E-state index contributed by atoms with van der Waals surface area (Å²) in [5, 5.41) is 52.5. The molecule has 7 rings (SSSR count). The molecule has 418 valence electrons. The van der Waals surface area contributed by atoms with Gasteiger partial charge in [0.1, 0.15) is 28.0 Å². The lowest BCUT2D eigenvalue weighted by Gasteiger charge is -2.20. The Kier molecular flexibility index (Phi) is 28.2. The van der Waals surface area contributed by atoms with E-state index < -0.39 is 20.0 Å². The smallest absolute Gasteiger partial charge is 0.298 e. The SMILES string of the molecule is C1CCOC1.CCn1c(O)c(N=Nc2ccc[n+](C)c2)c(=O)n1CC.CCn1c(O)c(N=Nc2cccnc2)c(=O)n1CC.CCn1c(O)cc(=O)n1CC.COS(=O)(=O)[O-].CS(C)(=O)(O)OO.Nc1cccnc1. The number of nitrogens with zero attached hydrogens (tertiary/aromatic N) is 13. The fourth-order valence-corrected chi connectivity index (χ4v) is 5.88. The number of aromatic hydroxyl groups is 3. The van der Waals surface area contributed by atoms with Gasteiger partial charge in [-0.05, 0) is 84.7 Å². The number of hydrogen-bond acceptors (Lipinski definition) is 21. The zero-order valence-electron chi connectivity index (χ0n) is 43.6. The summed E-state index contributed by atoms with van der Waals surface area (Å²) in [5.74, 6) is -0.273. The molecule has 0 unspecified atom stereocenters. The molecule has 6 aromatic rings. The number of pyridine rings is 3. The predicted octanol–water partition coefficient (Wildman–Crippen LogP) is 4.73. The van der Waals surface area contributed by atoms with E-state index in [1.807, 2.05) is 65.4 Å². The first-order valence-corrected chi connectivity index (χ1v) is 26.9. The van der Waals surface area contributed by atoms with Crippen LogP contribution in [0.25, 0.3) is 0 Å². The maximum absolute atomic E-state index is 12.1. The van der Waals surface area contributed by atoms with Gasteiger partial charge in [0.05, 0.1) is 25.1 Å². The Morgan fingerprint density at radius 1 is 0.733 bits per heavy atom. The van der Waals surface area contributed by atoms with Crippen LogP contribution in [0.5, 0.6) is 17.6 Å². The Labute approximate surface area is 433 Å². The zero-order valence-corrected chi connectivity index (χ0v) is 45.2. The summed E-state index contributed by atoms with van der Waals surface area (Å²) in [7, 11) is -5.80. The fraction of sp³-hybridized carbons (Fsp3) is 0.455. The molecule has 1 fully saturated rings. The fourth-order valence-electron chi connectivity index (χ4n) is 5.88. The summed E-state index contributed by atoms with van der Waals surface area (Å²) >= 11 is 0. The van der Waals surface area contributed by atoms with Crippen molar-refractivity contribution in [3.63, 3.8) is 0 Å². The average molecular weight is 1100 g/mol. The maximum atomic E-state index is 12.1. The Morgan fingerprint density at radius 3 is 1.45 bits per heavy atom. The Bertz CT molecular complexity index is 3050. The maximum Gasteiger partial charge on any atom is 0.298 e. The number of aromatic nitrogens is 9. The van der Waals surface area contributed by atoms with Crippen molar-refractivity contribution in [3.05, 3.63) is 111 Å². The number of hydrogen-bond donors (Lipinski definition) is 6. The average Bonchev–Trinajstić information content (AvgIpc) is 4.15. The highest BCUT2D eigenvalue weighted by Gasteiger charge is 2.20. The molecule has 0 aliphatic carbocycles. The Hall–Kier alpha value is -7.26. The van der Waals surface area contributed by atoms with Gasteiger partial charge in [-0.15, -0.1) is 24.8 Å². The second kappa shape index (κ2) is 32.1. The van der Waals surface area contributed by atoms with Crippen molar-refractivity contribution in [3.8, 4) is 17.6 Å². The van der Waals surface area contributed by atoms with Gasteiger partial charge in [-0.25, -0.2) is 45.9 Å². The van der Waals surface area contributed by atoms with E-state index in [0.29, 0.717) is 56.3 Å². The van der Waals surface area contributed by atoms with E-state index in [4.69, 9.17) is 20.3 Å². The van der Waals surface area contributed by atoms with Gasteiger partial charge < -0.3 is 34.9 Å². The summed E-state index contributed by atoms with van der Waals surface area (Å²) in [5.41, 5.74) is 6.23. The topological polar surface area (TPSA) is 389 Å². The van der Waals surface area contributed by atoms with Crippen LogP contribution in [-0.2, 0) is 79.6 Å². The van der Waals surface area contributed by atoms with Gasteiger partial charge in [0, 0.05) is 89.7 Å². The van der Waals surface area contributed by atoms with Gasteiger partial charge in [-0.2, -0.15) is 0 Å². The Morgan fingerprint density at radius 2 is 1.16 bits per heavy atom. The van der Waals surface area contributed by atoms with Gasteiger partial charge in [0.2, 0.25) is 39.4 Å². The molecule has 75 heavy (non-hydrogen) atoms. The molecule has 0 saturated carbocycles. The standard InChI is InChI=1S/C13H17N5O2.C12H15N5O2.C7H12N2O2.C5H6N2.C4H8O.C2H8O4S.CH4O4S/c1-4-17-12(19)11(13(20)18(17)5-2)15-14-10-7-6-8-16(3)9-10;1-3-16-11(18)10(12(19)17(16)4-2)15-14-9-6-5-7-13-8-9;1-3-8-6(10)5-7(11)9(8)4-2;6-5-2-1-3-7-4-5;1-2-4-5-3-1;1-7(2,4,5)6-3;1-5-6(2,3)4/h6-9H,4-5H2,1-3H3;5-8,18H,3-4H2,1-2H3;5,10H,3-4H2,1-2H3;1-4H,6H2;1-4H2;3H,1-2H3,(H,4,5);1H3,(H,2,3,4). The number of nitrogen functional groups attached to an aromatic ring is 1. The quantitative estimate of drug-likeness (QED) is 0.0241. The van der Waals surface area contributed by atoms with Crippen LogP contribution < -0.4 is 27.0 Å². The molecule has 0 radical (unpaired) electrons. The van der Waals surface area contributed by atoms with E-state index in [9.17, 15) is 46.9 Å². The third kappa shape index (κ3) is 23.7. The molecule has 1 aliphatic rings. The van der Waals surface area contributed by atoms with E-state index in [1.54, 1.807) is 59.8 Å². The van der Waals surface area contributed by atoms with E-state index in [0.717, 1.165) is 32.8 Å². The largest absolute Gasteiger partial charge is 0.726 e. The molecule has 7 heterocycles. The van der Waals surface area contributed by atoms with Crippen LogP contribution in [0.3, 0.4) is 0 Å². The molecule has 1 saturated heterocycles. The van der Waals surface area contributed by atoms with Crippen LogP contribution in [0, 0.1) is 0 Å². The molecule has 6 aromatic heterocycles. The van der Waals surface area contributed by atoms with Crippen LogP contribution in [0.15, 0.2) is 114 Å².